The molecule has 0 radical (unpaired) electrons. The Kier molecular flexibility index (Phi) is 4.89. The van der Waals surface area contributed by atoms with Crippen LogP contribution in [0, 0.1) is 30.7 Å². The van der Waals surface area contributed by atoms with Crippen LogP contribution in [-0.2, 0) is 0 Å². The van der Waals surface area contributed by atoms with Crippen LogP contribution in [0.2, 0.25) is 0 Å². The topological polar surface area (TPSA) is 113 Å². The molecule has 2 aromatic carbocycles. The first kappa shape index (κ1) is 17.9. The first-order valence-corrected chi connectivity index (χ1v) is 8.38. The molecule has 0 unspecified atom stereocenters. The molecule has 0 aliphatic carbocycles. The number of nitro benzene ring substituents is 2. The number of hydrogen-bond acceptors (Lipinski definition) is 6. The molecule has 2 heterocycles. The van der Waals surface area contributed by atoms with Crippen molar-refractivity contribution < 1.29 is 18.7 Å². The number of fused-ring (bicyclic) bond motifs is 2. The van der Waals surface area contributed by atoms with Gasteiger partial charge in [0.2, 0.25) is 0 Å². The Morgan fingerprint density at radius 3 is 1.92 bits per heavy atom. The maximum atomic E-state index is 10.5. The van der Waals surface area contributed by atoms with Crippen molar-refractivity contribution >= 4 is 55.9 Å². The maximum Gasteiger partial charge on any atom is 0.271 e. The third kappa shape index (κ3) is 3.52. The van der Waals surface area contributed by atoms with Gasteiger partial charge in [-0.05, 0) is 47.2 Å². The van der Waals surface area contributed by atoms with E-state index in [0.717, 1.165) is 19.9 Å². The monoisotopic (exact) mass is 466 g/mol. The van der Waals surface area contributed by atoms with E-state index in [-0.39, 0.29) is 11.4 Å². The molecule has 0 N–H and O–H groups in total. The van der Waals surface area contributed by atoms with Gasteiger partial charge in [-0.2, -0.15) is 0 Å². The number of non-ortho nitro benzene ring substituents is 2. The summed E-state index contributed by atoms with van der Waals surface area (Å²) in [5.41, 5.74) is 2.40. The molecule has 132 valence electrons. The number of nitrogens with zero attached hydrogens (tertiary/aromatic N) is 2. The van der Waals surface area contributed by atoms with Gasteiger partial charge in [0.15, 0.2) is 0 Å². The Balaban J connectivity index is 0.000000151. The number of nitro groups is 2. The fourth-order valence-electron chi connectivity index (χ4n) is 2.48. The summed E-state index contributed by atoms with van der Waals surface area (Å²) in [7, 11) is 0. The number of hydrogen-bond donors (Lipinski definition) is 0. The van der Waals surface area contributed by atoms with Gasteiger partial charge in [-0.15, -0.1) is 0 Å². The summed E-state index contributed by atoms with van der Waals surface area (Å²) in [4.78, 5) is 20.2. The van der Waals surface area contributed by atoms with Crippen LogP contribution in [0.4, 0.5) is 11.4 Å². The van der Waals surface area contributed by atoms with Crippen molar-refractivity contribution in [2.45, 2.75) is 6.92 Å². The Morgan fingerprint density at radius 2 is 1.35 bits per heavy atom. The maximum absolute atomic E-state index is 10.5. The Labute approximate surface area is 159 Å². The van der Waals surface area contributed by atoms with Crippen LogP contribution in [0.15, 0.2) is 57.8 Å². The van der Waals surface area contributed by atoms with E-state index in [0.29, 0.717) is 11.2 Å². The first-order chi connectivity index (χ1) is 12.4. The molecule has 4 rings (SSSR count). The third-order valence-corrected chi connectivity index (χ3v) is 4.44. The standard InChI is InChI=1S/C9H7NO3.C8H4INO3/c1-6-4-8(10(11)12)5-7-2-3-13-9(6)7;9-7-4-6(10(11)12)3-5-1-2-13-8(5)7/h2-5H,1H3;1-4H. The lowest BCUT2D eigenvalue weighted by atomic mass is 10.1. The molecular formula is C17H11IN2O6. The van der Waals surface area contributed by atoms with Crippen molar-refractivity contribution in [2.24, 2.45) is 0 Å². The molecule has 2 aromatic heterocycles. The number of benzene rings is 2. The van der Waals surface area contributed by atoms with Crippen LogP contribution in [-0.4, -0.2) is 9.85 Å². The smallest absolute Gasteiger partial charge is 0.271 e. The van der Waals surface area contributed by atoms with Crippen LogP contribution in [0.25, 0.3) is 21.9 Å². The molecule has 0 fully saturated rings. The predicted molar refractivity (Wildman–Crippen MR) is 103 cm³/mol. The molecule has 26 heavy (non-hydrogen) atoms. The zero-order valence-corrected chi connectivity index (χ0v) is 15.5. The summed E-state index contributed by atoms with van der Waals surface area (Å²) in [5.74, 6) is 0. The summed E-state index contributed by atoms with van der Waals surface area (Å²) in [6.07, 6.45) is 3.05. The quantitative estimate of drug-likeness (QED) is 0.216. The van der Waals surface area contributed by atoms with E-state index in [1.54, 1.807) is 19.1 Å². The highest BCUT2D eigenvalue weighted by molar-refractivity contribution is 14.1. The summed E-state index contributed by atoms with van der Waals surface area (Å²) in [6, 6.07) is 9.44. The van der Waals surface area contributed by atoms with Gasteiger partial charge in [0.25, 0.3) is 11.4 Å². The second-order valence-electron chi connectivity index (χ2n) is 5.38. The van der Waals surface area contributed by atoms with E-state index in [2.05, 4.69) is 0 Å². The molecule has 0 aliphatic heterocycles. The SMILES string of the molecule is Cc1cc([N+](=O)[O-])cc2ccoc12.O=[N+]([O-])c1cc(I)c2occc2c1. The lowest BCUT2D eigenvalue weighted by molar-refractivity contribution is -0.384. The lowest BCUT2D eigenvalue weighted by Gasteiger charge is -1.95. The normalized spacial score (nSPS) is 10.5. The van der Waals surface area contributed by atoms with E-state index in [1.807, 2.05) is 22.6 Å². The van der Waals surface area contributed by atoms with Gasteiger partial charge in [-0.3, -0.25) is 20.2 Å². The highest BCUT2D eigenvalue weighted by Gasteiger charge is 2.12. The van der Waals surface area contributed by atoms with Crippen molar-refractivity contribution in [2.75, 3.05) is 0 Å². The van der Waals surface area contributed by atoms with Gasteiger partial charge >= 0.3 is 0 Å². The van der Waals surface area contributed by atoms with Gasteiger partial charge in [0.05, 0.1) is 25.9 Å². The molecule has 0 spiro atoms. The Morgan fingerprint density at radius 1 is 0.846 bits per heavy atom. The van der Waals surface area contributed by atoms with Crippen molar-refractivity contribution in [3.8, 4) is 0 Å². The van der Waals surface area contributed by atoms with Gasteiger partial charge in [0, 0.05) is 35.0 Å². The molecule has 0 saturated heterocycles. The highest BCUT2D eigenvalue weighted by Crippen LogP contribution is 2.27. The first-order valence-electron chi connectivity index (χ1n) is 7.30. The van der Waals surface area contributed by atoms with Crippen LogP contribution in [0.3, 0.4) is 0 Å². The minimum Gasteiger partial charge on any atom is -0.464 e. The average Bonchev–Trinajstić information content (AvgIpc) is 3.24. The number of halogens is 1. The average molecular weight is 466 g/mol. The summed E-state index contributed by atoms with van der Waals surface area (Å²) >= 11 is 2.02. The van der Waals surface area contributed by atoms with Crippen molar-refractivity contribution in [3.63, 3.8) is 0 Å². The van der Waals surface area contributed by atoms with Crippen LogP contribution in [0.5, 0.6) is 0 Å². The summed E-state index contributed by atoms with van der Waals surface area (Å²) in [6.45, 7) is 1.79. The van der Waals surface area contributed by atoms with Gasteiger partial charge < -0.3 is 8.83 Å². The van der Waals surface area contributed by atoms with Crippen LogP contribution in [0.1, 0.15) is 5.56 Å². The molecule has 9 heteroatoms. The zero-order valence-electron chi connectivity index (χ0n) is 13.3. The molecule has 0 aliphatic rings. The fourth-order valence-corrected chi connectivity index (χ4v) is 3.23. The summed E-state index contributed by atoms with van der Waals surface area (Å²) in [5, 5.41) is 22.5. The lowest BCUT2D eigenvalue weighted by Crippen LogP contribution is -1.88. The minimum atomic E-state index is -0.408. The van der Waals surface area contributed by atoms with E-state index < -0.39 is 9.85 Å². The second kappa shape index (κ2) is 7.12. The van der Waals surface area contributed by atoms with E-state index in [1.165, 1.54) is 36.8 Å². The van der Waals surface area contributed by atoms with Gasteiger partial charge in [-0.25, -0.2) is 0 Å². The minimum absolute atomic E-state index is 0.0956. The number of rotatable bonds is 2. The van der Waals surface area contributed by atoms with Crippen LogP contribution >= 0.6 is 22.6 Å². The zero-order chi connectivity index (χ0) is 18.8. The highest BCUT2D eigenvalue weighted by atomic mass is 127. The molecule has 0 atom stereocenters. The fraction of sp³-hybridized carbons (Fsp3) is 0.0588. The molecule has 0 amide bonds. The van der Waals surface area contributed by atoms with E-state index >= 15 is 0 Å². The van der Waals surface area contributed by atoms with Crippen LogP contribution < -0.4 is 0 Å². The van der Waals surface area contributed by atoms with E-state index in [9.17, 15) is 20.2 Å². The molecular weight excluding hydrogens is 455 g/mol. The predicted octanol–water partition coefficient (Wildman–Crippen LogP) is 5.60. The number of furan rings is 2. The summed E-state index contributed by atoms with van der Waals surface area (Å²) < 4.78 is 11.1. The van der Waals surface area contributed by atoms with Crippen molar-refractivity contribution in [3.05, 3.63) is 78.3 Å². The van der Waals surface area contributed by atoms with Crippen molar-refractivity contribution in [1.82, 2.24) is 0 Å². The molecule has 0 saturated carbocycles. The van der Waals surface area contributed by atoms with Crippen molar-refractivity contribution in [1.29, 1.82) is 0 Å². The van der Waals surface area contributed by atoms with E-state index in [4.69, 9.17) is 8.83 Å². The second-order valence-corrected chi connectivity index (χ2v) is 6.54. The van der Waals surface area contributed by atoms with Gasteiger partial charge in [0.1, 0.15) is 11.2 Å². The number of aryl methyl sites for hydroxylation is 1. The molecule has 8 nitrogen and oxygen atoms in total. The molecule has 0 bridgehead atoms. The third-order valence-electron chi connectivity index (χ3n) is 3.63. The largest absolute Gasteiger partial charge is 0.464 e. The molecule has 4 aromatic rings. The van der Waals surface area contributed by atoms with Gasteiger partial charge in [-0.1, -0.05) is 0 Å². The Bertz CT molecular complexity index is 1040. The Hall–Kier alpha value is -2.95.